The molecule has 1 aromatic carbocycles. The summed E-state index contributed by atoms with van der Waals surface area (Å²) in [7, 11) is -3.97. The first-order chi connectivity index (χ1) is 9.26. The maximum atomic E-state index is 11.8. The average Bonchev–Trinajstić information content (AvgIpc) is 2.26. The van der Waals surface area contributed by atoms with Gasteiger partial charge in [-0.15, -0.1) is 0 Å². The number of carbonyl (C=O) groups excluding carboxylic acids is 1. The van der Waals surface area contributed by atoms with Crippen LogP contribution in [0.2, 0.25) is 0 Å². The lowest BCUT2D eigenvalue weighted by molar-refractivity contribution is -0.118. The van der Waals surface area contributed by atoms with Crippen LogP contribution in [0.25, 0.3) is 0 Å². The summed E-state index contributed by atoms with van der Waals surface area (Å²) < 4.78 is 29.7. The molecule has 0 saturated heterocycles. The van der Waals surface area contributed by atoms with Crippen LogP contribution < -0.4 is 0 Å². The molecule has 0 aliphatic heterocycles. The highest BCUT2D eigenvalue weighted by Gasteiger charge is 2.09. The van der Waals surface area contributed by atoms with Gasteiger partial charge in [0.25, 0.3) is 10.1 Å². The van der Waals surface area contributed by atoms with E-state index in [4.69, 9.17) is 4.55 Å². The van der Waals surface area contributed by atoms with E-state index in [0.717, 1.165) is 12.0 Å². The quantitative estimate of drug-likeness (QED) is 0.749. The highest BCUT2D eigenvalue weighted by atomic mass is 32.2. The van der Waals surface area contributed by atoms with Crippen molar-refractivity contribution in [2.24, 2.45) is 5.92 Å². The van der Waals surface area contributed by atoms with E-state index in [1.54, 1.807) is 0 Å². The third-order valence-corrected chi connectivity index (χ3v) is 3.70. The normalized spacial score (nSPS) is 11.8. The summed E-state index contributed by atoms with van der Waals surface area (Å²) >= 11 is 0. The molecule has 1 aromatic rings. The molecule has 0 aliphatic carbocycles. The second kappa shape index (κ2) is 7.55. The van der Waals surface area contributed by atoms with E-state index >= 15 is 0 Å². The van der Waals surface area contributed by atoms with Gasteiger partial charge in [0.2, 0.25) is 0 Å². The smallest absolute Gasteiger partial charge is 0.264 e. The molecule has 0 fully saturated rings. The SMILES string of the molecule is CC(C)Cc1cccc(CC(=O)CCCS(=O)(=O)O)c1. The molecular formula is C15H22O4S. The van der Waals surface area contributed by atoms with Gasteiger partial charge in [-0.3, -0.25) is 9.35 Å². The monoisotopic (exact) mass is 298 g/mol. The highest BCUT2D eigenvalue weighted by Crippen LogP contribution is 2.12. The average molecular weight is 298 g/mol. The van der Waals surface area contributed by atoms with E-state index in [0.29, 0.717) is 12.3 Å². The predicted molar refractivity (Wildman–Crippen MR) is 79.3 cm³/mol. The summed E-state index contributed by atoms with van der Waals surface area (Å²) in [5.41, 5.74) is 2.17. The molecule has 5 heteroatoms. The van der Waals surface area contributed by atoms with Crippen molar-refractivity contribution >= 4 is 15.9 Å². The Morgan fingerprint density at radius 3 is 2.50 bits per heavy atom. The predicted octanol–water partition coefficient (Wildman–Crippen LogP) is 2.66. The van der Waals surface area contributed by atoms with Crippen LogP contribution in [0.4, 0.5) is 0 Å². The second-order valence-corrected chi connectivity index (χ2v) is 7.10. The molecule has 1 rings (SSSR count). The van der Waals surface area contributed by atoms with Gasteiger partial charge in [0.15, 0.2) is 0 Å². The number of hydrogen-bond donors (Lipinski definition) is 1. The minimum atomic E-state index is -3.97. The van der Waals surface area contributed by atoms with Gasteiger partial charge < -0.3 is 0 Å². The summed E-state index contributed by atoms with van der Waals surface area (Å²) in [6, 6.07) is 7.93. The molecule has 0 aliphatic rings. The van der Waals surface area contributed by atoms with Gasteiger partial charge in [0.05, 0.1) is 5.75 Å². The van der Waals surface area contributed by atoms with Crippen LogP contribution in [0, 0.1) is 5.92 Å². The standard InChI is InChI=1S/C15H22O4S/c1-12(2)9-13-5-3-6-14(10-13)11-15(16)7-4-8-20(17,18)19/h3,5-6,10,12H,4,7-9,11H2,1-2H3,(H,17,18,19). The van der Waals surface area contributed by atoms with Crippen molar-refractivity contribution < 1.29 is 17.8 Å². The first-order valence-electron chi connectivity index (χ1n) is 6.81. The van der Waals surface area contributed by atoms with E-state index in [-0.39, 0.29) is 24.4 Å². The molecule has 1 N–H and O–H groups in total. The summed E-state index contributed by atoms with van der Waals surface area (Å²) in [5.74, 6) is 0.206. The molecule has 0 amide bonds. The van der Waals surface area contributed by atoms with E-state index in [1.807, 2.05) is 24.3 Å². The van der Waals surface area contributed by atoms with Gasteiger partial charge in [-0.05, 0) is 29.9 Å². The summed E-state index contributed by atoms with van der Waals surface area (Å²) in [4.78, 5) is 11.8. The van der Waals surface area contributed by atoms with Crippen molar-refractivity contribution in [2.45, 2.75) is 39.5 Å². The third-order valence-electron chi connectivity index (χ3n) is 2.89. The molecule has 0 bridgehead atoms. The Labute approximate surface area is 121 Å². The Hall–Kier alpha value is -1.20. The van der Waals surface area contributed by atoms with Crippen LogP contribution in [0.3, 0.4) is 0 Å². The fraction of sp³-hybridized carbons (Fsp3) is 0.533. The van der Waals surface area contributed by atoms with Crippen LogP contribution in [0.5, 0.6) is 0 Å². The number of carbonyl (C=O) groups is 1. The molecular weight excluding hydrogens is 276 g/mol. The molecule has 4 nitrogen and oxygen atoms in total. The Bertz CT molecular complexity index is 547. The van der Waals surface area contributed by atoms with Crippen molar-refractivity contribution in [3.63, 3.8) is 0 Å². The Morgan fingerprint density at radius 1 is 1.25 bits per heavy atom. The first-order valence-corrected chi connectivity index (χ1v) is 8.42. The summed E-state index contributed by atoms with van der Waals surface area (Å²) in [6.45, 7) is 4.29. The number of rotatable bonds is 8. The number of benzene rings is 1. The molecule has 0 heterocycles. The molecule has 20 heavy (non-hydrogen) atoms. The van der Waals surface area contributed by atoms with Crippen molar-refractivity contribution in [1.82, 2.24) is 0 Å². The van der Waals surface area contributed by atoms with E-state index < -0.39 is 10.1 Å². The van der Waals surface area contributed by atoms with Crippen molar-refractivity contribution in [2.75, 3.05) is 5.75 Å². The lowest BCUT2D eigenvalue weighted by Gasteiger charge is -2.07. The maximum absolute atomic E-state index is 11.8. The van der Waals surface area contributed by atoms with E-state index in [9.17, 15) is 13.2 Å². The maximum Gasteiger partial charge on any atom is 0.264 e. The second-order valence-electron chi connectivity index (χ2n) is 5.52. The van der Waals surface area contributed by atoms with Crippen LogP contribution in [0.1, 0.15) is 37.8 Å². The fourth-order valence-electron chi connectivity index (χ4n) is 2.11. The molecule has 0 spiro atoms. The minimum absolute atomic E-state index is 0.00431. The Kier molecular flexibility index (Phi) is 6.36. The van der Waals surface area contributed by atoms with Gasteiger partial charge >= 0.3 is 0 Å². The van der Waals surface area contributed by atoms with Crippen molar-refractivity contribution in [3.05, 3.63) is 35.4 Å². The lowest BCUT2D eigenvalue weighted by Crippen LogP contribution is -2.08. The Balaban J connectivity index is 2.49. The fourth-order valence-corrected chi connectivity index (χ4v) is 2.61. The third kappa shape index (κ3) is 7.40. The van der Waals surface area contributed by atoms with Crippen LogP contribution in [-0.4, -0.2) is 24.5 Å². The first kappa shape index (κ1) is 16.9. The van der Waals surface area contributed by atoms with Crippen LogP contribution in [-0.2, 0) is 27.8 Å². The molecule has 0 unspecified atom stereocenters. The number of Topliss-reactive ketones (excluding diaryl/α,β-unsaturated/α-hetero) is 1. The Morgan fingerprint density at radius 2 is 1.90 bits per heavy atom. The molecule has 0 aromatic heterocycles. The molecule has 0 atom stereocenters. The van der Waals surface area contributed by atoms with E-state index in [1.165, 1.54) is 5.56 Å². The topological polar surface area (TPSA) is 71.4 Å². The minimum Gasteiger partial charge on any atom is -0.299 e. The molecule has 0 radical (unpaired) electrons. The zero-order valence-electron chi connectivity index (χ0n) is 12.0. The number of ketones is 1. The van der Waals surface area contributed by atoms with Crippen LogP contribution in [0.15, 0.2) is 24.3 Å². The van der Waals surface area contributed by atoms with Gasteiger partial charge in [-0.1, -0.05) is 38.1 Å². The van der Waals surface area contributed by atoms with Gasteiger partial charge in [0.1, 0.15) is 5.78 Å². The number of hydrogen-bond acceptors (Lipinski definition) is 3. The summed E-state index contributed by atoms with van der Waals surface area (Å²) in [5, 5.41) is 0. The highest BCUT2D eigenvalue weighted by molar-refractivity contribution is 7.85. The largest absolute Gasteiger partial charge is 0.299 e. The lowest BCUT2D eigenvalue weighted by atomic mass is 9.98. The van der Waals surface area contributed by atoms with E-state index in [2.05, 4.69) is 13.8 Å². The van der Waals surface area contributed by atoms with Crippen molar-refractivity contribution in [1.29, 1.82) is 0 Å². The van der Waals surface area contributed by atoms with Crippen LogP contribution >= 0.6 is 0 Å². The summed E-state index contributed by atoms with van der Waals surface area (Å²) in [6.07, 6.45) is 1.64. The van der Waals surface area contributed by atoms with Gasteiger partial charge in [0, 0.05) is 12.8 Å². The molecule has 0 saturated carbocycles. The molecule has 112 valence electrons. The zero-order chi connectivity index (χ0) is 15.2. The van der Waals surface area contributed by atoms with Crippen molar-refractivity contribution in [3.8, 4) is 0 Å². The van der Waals surface area contributed by atoms with Gasteiger partial charge in [-0.25, -0.2) is 0 Å². The van der Waals surface area contributed by atoms with Gasteiger partial charge in [-0.2, -0.15) is 8.42 Å². The zero-order valence-corrected chi connectivity index (χ0v) is 12.8.